The van der Waals surface area contributed by atoms with E-state index in [1.807, 2.05) is 0 Å². The summed E-state index contributed by atoms with van der Waals surface area (Å²) in [4.78, 5) is 0. The van der Waals surface area contributed by atoms with Crippen LogP contribution in [0, 0.1) is 0 Å². The number of hydrogen-bond acceptors (Lipinski definition) is 3. The third-order valence-corrected chi connectivity index (χ3v) is 2.71. The number of aryl methyl sites for hydroxylation is 1. The van der Waals surface area contributed by atoms with Crippen LogP contribution < -0.4 is 11.2 Å². The molecule has 0 bridgehead atoms. The van der Waals surface area contributed by atoms with Crippen molar-refractivity contribution in [3.8, 4) is 0 Å². The van der Waals surface area contributed by atoms with Gasteiger partial charge in [0.25, 0.3) is 0 Å². The topological polar surface area (TPSA) is 60.9 Å². The maximum atomic E-state index is 11.5. The molecular weight excluding hydrogens is 161 g/mol. The number of rotatable bonds is 1. The molecule has 2 N–H and O–H groups in total. The van der Waals surface area contributed by atoms with E-state index in [0.717, 1.165) is 0 Å². The first kappa shape index (κ1) is 8.34. The third-order valence-electron chi connectivity index (χ3n) is 1.35. The van der Waals surface area contributed by atoms with Crippen LogP contribution in [0.4, 0.5) is 5.69 Å². The molecule has 0 aromatic carbocycles. The smallest absolute Gasteiger partial charge is 0.144 e. The number of aromatic nitrogens is 2. The van der Waals surface area contributed by atoms with Gasteiger partial charge in [0.1, 0.15) is 12.6 Å². The van der Waals surface area contributed by atoms with E-state index in [1.165, 1.54) is 0 Å². The molecule has 0 aliphatic heterocycles. The predicted molar refractivity (Wildman–Crippen MR) is 46.7 cm³/mol. The van der Waals surface area contributed by atoms with E-state index in [-0.39, 0.29) is 0 Å². The summed E-state index contributed by atoms with van der Waals surface area (Å²) >= 11 is 0. The van der Waals surface area contributed by atoms with E-state index in [9.17, 15) is 4.57 Å². The van der Waals surface area contributed by atoms with Gasteiger partial charge in [0.15, 0.2) is 0 Å². The molecule has 0 fully saturated rings. The first-order valence-corrected chi connectivity index (χ1v) is 5.86. The van der Waals surface area contributed by atoms with Crippen LogP contribution >= 0.6 is 7.14 Å². The van der Waals surface area contributed by atoms with Crippen LogP contribution in [0.3, 0.4) is 0 Å². The van der Waals surface area contributed by atoms with Crippen molar-refractivity contribution in [1.29, 1.82) is 0 Å². The van der Waals surface area contributed by atoms with Crippen molar-refractivity contribution in [3.63, 3.8) is 0 Å². The second-order valence-corrected chi connectivity index (χ2v) is 6.06. The zero-order valence-corrected chi connectivity index (χ0v) is 7.80. The maximum Gasteiger partial charge on any atom is 0.144 e. The Morgan fingerprint density at radius 3 is 2.36 bits per heavy atom. The quantitative estimate of drug-likeness (QED) is 0.619. The van der Waals surface area contributed by atoms with Gasteiger partial charge in [-0.3, -0.25) is 4.68 Å². The van der Waals surface area contributed by atoms with Gasteiger partial charge in [-0.05, 0) is 13.3 Å². The fraction of sp³-hybridized carbons (Fsp3) is 0.500. The van der Waals surface area contributed by atoms with Gasteiger partial charge in [0.2, 0.25) is 0 Å². The maximum absolute atomic E-state index is 11.5. The molecule has 0 unspecified atom stereocenters. The molecule has 0 amide bonds. The first-order valence-electron chi connectivity index (χ1n) is 3.26. The van der Waals surface area contributed by atoms with Crippen LogP contribution in [-0.4, -0.2) is 23.1 Å². The molecule has 4 nitrogen and oxygen atoms in total. The highest BCUT2D eigenvalue weighted by Gasteiger charge is 2.17. The van der Waals surface area contributed by atoms with Crippen molar-refractivity contribution >= 4 is 18.3 Å². The Morgan fingerprint density at radius 1 is 1.64 bits per heavy atom. The second-order valence-electron chi connectivity index (χ2n) is 2.93. The summed E-state index contributed by atoms with van der Waals surface area (Å²) in [6.45, 7) is 3.32. The number of nitrogens with zero attached hydrogens (tertiary/aromatic N) is 2. The summed E-state index contributed by atoms with van der Waals surface area (Å²) in [7, 11) is -0.532. The highest BCUT2D eigenvalue weighted by atomic mass is 31.2. The van der Waals surface area contributed by atoms with Crippen molar-refractivity contribution in [2.45, 2.75) is 0 Å². The molecule has 62 valence electrons. The lowest BCUT2D eigenvalue weighted by atomic mass is 10.6. The molecule has 0 spiro atoms. The van der Waals surface area contributed by atoms with Gasteiger partial charge < -0.3 is 10.3 Å². The second kappa shape index (κ2) is 2.38. The van der Waals surface area contributed by atoms with Crippen LogP contribution in [0.2, 0.25) is 0 Å². The van der Waals surface area contributed by atoms with E-state index in [0.29, 0.717) is 11.1 Å². The molecule has 11 heavy (non-hydrogen) atoms. The third kappa shape index (κ3) is 1.63. The summed E-state index contributed by atoms with van der Waals surface area (Å²) < 4.78 is 13.1. The van der Waals surface area contributed by atoms with Gasteiger partial charge in [0, 0.05) is 13.2 Å². The number of hydrogen-bond donors (Lipinski definition) is 1. The zero-order chi connectivity index (χ0) is 8.65. The van der Waals surface area contributed by atoms with Crippen molar-refractivity contribution in [2.75, 3.05) is 19.1 Å². The Bertz CT molecular complexity index is 312. The molecular formula is C6H12N3OP. The molecule has 0 saturated carbocycles. The fourth-order valence-electron chi connectivity index (χ4n) is 0.914. The van der Waals surface area contributed by atoms with Crippen LogP contribution in [-0.2, 0) is 11.6 Å². The van der Waals surface area contributed by atoms with Crippen molar-refractivity contribution in [3.05, 3.63) is 6.20 Å². The minimum absolute atomic E-state index is 0.515. The molecule has 0 radical (unpaired) electrons. The fourth-order valence-corrected chi connectivity index (χ4v) is 1.95. The summed E-state index contributed by atoms with van der Waals surface area (Å²) in [5, 5.41) is 4.01. The van der Waals surface area contributed by atoms with Gasteiger partial charge in [-0.2, -0.15) is 5.10 Å². The highest BCUT2D eigenvalue weighted by Crippen LogP contribution is 2.35. The Morgan fingerprint density at radius 2 is 2.18 bits per heavy atom. The zero-order valence-electron chi connectivity index (χ0n) is 6.90. The average molecular weight is 173 g/mol. The van der Waals surface area contributed by atoms with E-state index in [1.54, 1.807) is 31.3 Å². The number of nitrogen functional groups attached to an aromatic ring is 1. The molecule has 0 aliphatic carbocycles. The van der Waals surface area contributed by atoms with E-state index < -0.39 is 7.14 Å². The first-order chi connectivity index (χ1) is 4.91. The predicted octanol–water partition coefficient (Wildman–Crippen LogP) is 0.250. The summed E-state index contributed by atoms with van der Waals surface area (Å²) in [6.07, 6.45) is 1.66. The Balaban J connectivity index is 3.24. The minimum Gasteiger partial charge on any atom is -0.396 e. The molecule has 0 saturated heterocycles. The van der Waals surface area contributed by atoms with Crippen molar-refractivity contribution in [2.24, 2.45) is 7.05 Å². The molecule has 1 aromatic heterocycles. The van der Waals surface area contributed by atoms with Gasteiger partial charge in [0.05, 0.1) is 5.69 Å². The lowest BCUT2D eigenvalue weighted by Crippen LogP contribution is -2.10. The number of nitrogens with two attached hydrogens (primary N) is 1. The largest absolute Gasteiger partial charge is 0.396 e. The molecule has 0 atom stereocenters. The Labute approximate surface area is 65.8 Å². The summed E-state index contributed by atoms with van der Waals surface area (Å²) in [6, 6.07) is 0. The van der Waals surface area contributed by atoms with Crippen molar-refractivity contribution in [1.82, 2.24) is 9.78 Å². The van der Waals surface area contributed by atoms with Crippen LogP contribution in [0.5, 0.6) is 0 Å². The average Bonchev–Trinajstić information content (AvgIpc) is 2.08. The lowest BCUT2D eigenvalue weighted by Gasteiger charge is -2.01. The van der Waals surface area contributed by atoms with Gasteiger partial charge >= 0.3 is 0 Å². The van der Waals surface area contributed by atoms with Gasteiger partial charge in [-0.25, -0.2) is 0 Å². The van der Waals surface area contributed by atoms with Crippen LogP contribution in [0.1, 0.15) is 0 Å². The molecule has 1 aromatic rings. The van der Waals surface area contributed by atoms with Gasteiger partial charge in [-0.1, -0.05) is 0 Å². The van der Waals surface area contributed by atoms with Gasteiger partial charge in [-0.15, -0.1) is 0 Å². The van der Waals surface area contributed by atoms with Crippen LogP contribution in [0.25, 0.3) is 0 Å². The summed E-state index contributed by atoms with van der Waals surface area (Å²) in [5.41, 5.74) is 6.61. The van der Waals surface area contributed by atoms with Crippen molar-refractivity contribution < 1.29 is 4.57 Å². The SMILES string of the molecule is Cn1cc(N)c(P(C)(C)=O)n1. The Kier molecular flexibility index (Phi) is 1.80. The normalized spacial score (nSPS) is 11.9. The Hall–Kier alpha value is -0.760. The van der Waals surface area contributed by atoms with E-state index >= 15 is 0 Å². The standard InChI is InChI=1S/C6H12N3OP/c1-9-4-5(7)6(8-9)11(2,3)10/h4H,7H2,1-3H3. The number of anilines is 1. The van der Waals surface area contributed by atoms with Crippen LogP contribution in [0.15, 0.2) is 6.20 Å². The highest BCUT2D eigenvalue weighted by molar-refractivity contribution is 7.70. The minimum atomic E-state index is -2.29. The van der Waals surface area contributed by atoms with E-state index in [4.69, 9.17) is 5.73 Å². The monoisotopic (exact) mass is 173 g/mol. The molecule has 1 rings (SSSR count). The van der Waals surface area contributed by atoms with E-state index in [2.05, 4.69) is 5.10 Å². The summed E-state index contributed by atoms with van der Waals surface area (Å²) in [5.74, 6) is 0. The molecule has 5 heteroatoms. The molecule has 1 heterocycles. The lowest BCUT2D eigenvalue weighted by molar-refractivity contribution is 0.587. The molecule has 0 aliphatic rings.